The van der Waals surface area contributed by atoms with Gasteiger partial charge in [0.2, 0.25) is 5.91 Å². The van der Waals surface area contributed by atoms with Crippen molar-refractivity contribution >= 4 is 27.5 Å². The van der Waals surface area contributed by atoms with Crippen molar-refractivity contribution in [1.29, 1.82) is 0 Å². The Morgan fingerprint density at radius 2 is 2.12 bits per heavy atom. The molecule has 1 saturated carbocycles. The molecular formula is C18H25N3O2S. The van der Waals surface area contributed by atoms with Crippen molar-refractivity contribution in [3.05, 3.63) is 27.1 Å². The average molecular weight is 347 g/mol. The second-order valence-corrected chi connectivity index (χ2v) is 8.29. The quantitative estimate of drug-likeness (QED) is 0.928. The third-order valence-corrected chi connectivity index (χ3v) is 6.64. The van der Waals surface area contributed by atoms with E-state index < -0.39 is 0 Å². The maximum absolute atomic E-state index is 12.7. The van der Waals surface area contributed by atoms with Crippen molar-refractivity contribution < 1.29 is 4.79 Å². The molecule has 0 radical (unpaired) electrons. The molecule has 3 rings (SSSR count). The van der Waals surface area contributed by atoms with Crippen LogP contribution in [0.5, 0.6) is 0 Å². The molecule has 6 heteroatoms. The molecule has 2 aromatic heterocycles. The highest BCUT2D eigenvalue weighted by molar-refractivity contribution is 7.18. The molecule has 2 aromatic rings. The fourth-order valence-electron chi connectivity index (χ4n) is 3.58. The SMILES string of the molecule is Cc1sc2ncn(CC(=O)NC3CCCC(C)C3C)c(=O)c2c1C. The number of fused-ring (bicyclic) bond motifs is 1. The Hall–Kier alpha value is -1.69. The zero-order valence-electron chi connectivity index (χ0n) is 14.8. The van der Waals surface area contributed by atoms with Crippen molar-refractivity contribution in [3.63, 3.8) is 0 Å². The molecule has 0 bridgehead atoms. The van der Waals surface area contributed by atoms with Crippen molar-refractivity contribution in [2.24, 2.45) is 11.8 Å². The van der Waals surface area contributed by atoms with Gasteiger partial charge < -0.3 is 5.32 Å². The van der Waals surface area contributed by atoms with Gasteiger partial charge in [-0.25, -0.2) is 4.98 Å². The summed E-state index contributed by atoms with van der Waals surface area (Å²) >= 11 is 1.52. The van der Waals surface area contributed by atoms with Crippen molar-refractivity contribution in [2.45, 2.75) is 59.5 Å². The van der Waals surface area contributed by atoms with Gasteiger partial charge in [0.25, 0.3) is 5.56 Å². The summed E-state index contributed by atoms with van der Waals surface area (Å²) < 4.78 is 1.42. The number of thiophene rings is 1. The van der Waals surface area contributed by atoms with Gasteiger partial charge in [-0.2, -0.15) is 0 Å². The predicted octanol–water partition coefficient (Wildman–Crippen LogP) is 3.02. The Bertz CT molecular complexity index is 824. The summed E-state index contributed by atoms with van der Waals surface area (Å²) in [6.07, 6.45) is 4.89. The highest BCUT2D eigenvalue weighted by Gasteiger charge is 2.28. The summed E-state index contributed by atoms with van der Waals surface area (Å²) in [5.74, 6) is 0.997. The van der Waals surface area contributed by atoms with Gasteiger partial charge in [-0.05, 0) is 37.7 Å². The second kappa shape index (κ2) is 6.67. The molecule has 1 amide bonds. The number of hydrogen-bond acceptors (Lipinski definition) is 4. The Kier molecular flexibility index (Phi) is 4.76. The Morgan fingerprint density at radius 3 is 2.88 bits per heavy atom. The predicted molar refractivity (Wildman–Crippen MR) is 97.5 cm³/mol. The van der Waals surface area contributed by atoms with E-state index in [9.17, 15) is 9.59 Å². The Labute approximate surface area is 146 Å². The lowest BCUT2D eigenvalue weighted by Crippen LogP contribution is -2.45. The molecule has 2 heterocycles. The van der Waals surface area contributed by atoms with Gasteiger partial charge in [-0.1, -0.05) is 26.7 Å². The molecule has 0 aliphatic heterocycles. The van der Waals surface area contributed by atoms with Crippen LogP contribution in [0.2, 0.25) is 0 Å². The molecule has 0 saturated heterocycles. The molecule has 1 aliphatic carbocycles. The minimum atomic E-state index is -0.123. The molecule has 24 heavy (non-hydrogen) atoms. The first-order chi connectivity index (χ1) is 11.4. The molecule has 3 unspecified atom stereocenters. The molecule has 1 N–H and O–H groups in total. The first kappa shape index (κ1) is 17.1. The maximum atomic E-state index is 12.7. The summed E-state index contributed by atoms with van der Waals surface area (Å²) in [5, 5.41) is 3.76. The van der Waals surface area contributed by atoms with Crippen LogP contribution in [0.4, 0.5) is 0 Å². The normalized spacial score (nSPS) is 24.2. The summed E-state index contributed by atoms with van der Waals surface area (Å²) in [6, 6.07) is 0.207. The van der Waals surface area contributed by atoms with Gasteiger partial charge in [-0.15, -0.1) is 11.3 Å². The van der Waals surface area contributed by atoms with E-state index >= 15 is 0 Å². The number of nitrogens with zero attached hydrogens (tertiary/aromatic N) is 2. The van der Waals surface area contributed by atoms with Crippen LogP contribution in [0.15, 0.2) is 11.1 Å². The van der Waals surface area contributed by atoms with Crippen LogP contribution < -0.4 is 10.9 Å². The number of aromatic nitrogens is 2. The van der Waals surface area contributed by atoms with Gasteiger partial charge >= 0.3 is 0 Å². The molecular weight excluding hydrogens is 322 g/mol. The zero-order valence-corrected chi connectivity index (χ0v) is 15.6. The van der Waals surface area contributed by atoms with E-state index in [0.717, 1.165) is 28.1 Å². The second-order valence-electron chi connectivity index (χ2n) is 7.08. The van der Waals surface area contributed by atoms with E-state index in [2.05, 4.69) is 24.1 Å². The zero-order chi connectivity index (χ0) is 17.4. The van der Waals surface area contributed by atoms with Crippen molar-refractivity contribution in [2.75, 3.05) is 0 Å². The topological polar surface area (TPSA) is 64.0 Å². The van der Waals surface area contributed by atoms with Crippen LogP contribution in [0.1, 0.15) is 43.6 Å². The van der Waals surface area contributed by atoms with Gasteiger partial charge in [0.05, 0.1) is 11.7 Å². The van der Waals surface area contributed by atoms with Gasteiger partial charge in [-0.3, -0.25) is 14.2 Å². The first-order valence-electron chi connectivity index (χ1n) is 8.63. The lowest BCUT2D eigenvalue weighted by atomic mass is 9.78. The van der Waals surface area contributed by atoms with Gasteiger partial charge in [0.1, 0.15) is 11.4 Å². The van der Waals surface area contributed by atoms with E-state index in [-0.39, 0.29) is 24.1 Å². The van der Waals surface area contributed by atoms with Crippen molar-refractivity contribution in [3.8, 4) is 0 Å². The van der Waals surface area contributed by atoms with Crippen LogP contribution in [-0.2, 0) is 11.3 Å². The van der Waals surface area contributed by atoms with Crippen LogP contribution in [-0.4, -0.2) is 21.5 Å². The highest BCUT2D eigenvalue weighted by Crippen LogP contribution is 2.29. The van der Waals surface area contributed by atoms with Crippen LogP contribution in [0, 0.1) is 25.7 Å². The molecule has 1 fully saturated rings. The van der Waals surface area contributed by atoms with E-state index in [4.69, 9.17) is 0 Å². The van der Waals surface area contributed by atoms with E-state index in [1.54, 1.807) is 0 Å². The van der Waals surface area contributed by atoms with Crippen LogP contribution >= 0.6 is 11.3 Å². The molecule has 3 atom stereocenters. The average Bonchev–Trinajstić information content (AvgIpc) is 2.82. The first-order valence-corrected chi connectivity index (χ1v) is 9.44. The number of carbonyl (C=O) groups excluding carboxylic acids is 1. The van der Waals surface area contributed by atoms with Gasteiger partial charge in [0.15, 0.2) is 0 Å². The largest absolute Gasteiger partial charge is 0.352 e. The molecule has 1 aliphatic rings. The minimum Gasteiger partial charge on any atom is -0.352 e. The fraction of sp³-hybridized carbons (Fsp3) is 0.611. The van der Waals surface area contributed by atoms with Crippen LogP contribution in [0.3, 0.4) is 0 Å². The number of amides is 1. The van der Waals surface area contributed by atoms with Crippen LogP contribution in [0.25, 0.3) is 10.2 Å². The summed E-state index contributed by atoms with van der Waals surface area (Å²) in [6.45, 7) is 8.41. The third-order valence-electron chi connectivity index (χ3n) is 5.52. The lowest BCUT2D eigenvalue weighted by molar-refractivity contribution is -0.123. The molecule has 5 nitrogen and oxygen atoms in total. The minimum absolute atomic E-state index is 0.0354. The molecule has 0 spiro atoms. The number of aryl methyl sites for hydroxylation is 2. The van der Waals surface area contributed by atoms with Crippen molar-refractivity contribution in [1.82, 2.24) is 14.9 Å². The molecule has 0 aromatic carbocycles. The summed E-state index contributed by atoms with van der Waals surface area (Å²) in [5.41, 5.74) is 0.846. The highest BCUT2D eigenvalue weighted by atomic mass is 32.1. The smallest absolute Gasteiger partial charge is 0.262 e. The van der Waals surface area contributed by atoms with Gasteiger partial charge in [0, 0.05) is 10.9 Å². The lowest BCUT2D eigenvalue weighted by Gasteiger charge is -2.34. The maximum Gasteiger partial charge on any atom is 0.262 e. The third kappa shape index (κ3) is 3.11. The molecule has 130 valence electrons. The Balaban J connectivity index is 1.77. The summed E-state index contributed by atoms with van der Waals surface area (Å²) in [7, 11) is 0. The monoisotopic (exact) mass is 347 g/mol. The number of carbonyl (C=O) groups is 1. The van der Waals surface area contributed by atoms with E-state index in [1.807, 2.05) is 13.8 Å². The number of rotatable bonds is 3. The fourth-order valence-corrected chi connectivity index (χ4v) is 4.56. The number of hydrogen-bond donors (Lipinski definition) is 1. The Morgan fingerprint density at radius 1 is 1.38 bits per heavy atom. The standard InChI is InChI=1S/C18H25N3O2S/c1-10-6-5-7-14(11(10)2)20-15(22)8-21-9-19-17-16(18(21)23)12(3)13(4)24-17/h9-11,14H,5-8H2,1-4H3,(H,20,22). The van der Waals surface area contributed by atoms with E-state index in [0.29, 0.717) is 17.2 Å². The summed E-state index contributed by atoms with van der Waals surface area (Å²) in [4.78, 5) is 31.3. The van der Waals surface area contributed by atoms with E-state index in [1.165, 1.54) is 28.7 Å². The number of nitrogens with one attached hydrogen (secondary N) is 1.